The van der Waals surface area contributed by atoms with E-state index in [0.717, 1.165) is 17.7 Å². The molecule has 2 heterocycles. The molecule has 2 aromatic heterocycles. The molecule has 2 N–H and O–H groups in total. The number of hydrogen-bond donors (Lipinski definition) is 1. The molecule has 0 aliphatic heterocycles. The van der Waals surface area contributed by atoms with Crippen LogP contribution < -0.4 is 5.73 Å². The van der Waals surface area contributed by atoms with E-state index >= 15 is 0 Å². The molecule has 6 nitrogen and oxygen atoms in total. The number of aryl methyl sites for hydroxylation is 1. The first-order chi connectivity index (χ1) is 9.26. The first-order valence-electron chi connectivity index (χ1n) is 6.28. The quantitative estimate of drug-likeness (QED) is 0.853. The fraction of sp³-hybridized carbons (Fsp3) is 0.462. The number of aromatic nitrogens is 3. The maximum Gasteiger partial charge on any atom is 0.244 e. The highest BCUT2D eigenvalue weighted by atomic mass is 16.5. The Morgan fingerprint density at radius 1 is 1.47 bits per heavy atom. The van der Waals surface area contributed by atoms with Crippen LogP contribution in [0.2, 0.25) is 0 Å². The molecule has 19 heavy (non-hydrogen) atoms. The van der Waals surface area contributed by atoms with Gasteiger partial charge < -0.3 is 15.0 Å². The Balaban J connectivity index is 2.20. The summed E-state index contributed by atoms with van der Waals surface area (Å²) in [4.78, 5) is 8.63. The summed E-state index contributed by atoms with van der Waals surface area (Å²) in [7, 11) is 1.63. The lowest BCUT2D eigenvalue weighted by atomic mass is 10.1. The Hall–Kier alpha value is -1.79. The lowest BCUT2D eigenvalue weighted by Gasteiger charge is -2.04. The molecule has 0 aromatic carbocycles. The van der Waals surface area contributed by atoms with Crippen LogP contribution in [0.3, 0.4) is 0 Å². The Bertz CT molecular complexity index is 527. The van der Waals surface area contributed by atoms with Crippen LogP contribution in [0.25, 0.3) is 11.5 Å². The molecule has 0 spiro atoms. The normalized spacial score (nSPS) is 12.6. The van der Waals surface area contributed by atoms with Gasteiger partial charge in [0.25, 0.3) is 0 Å². The largest absolute Gasteiger partial charge is 0.385 e. The van der Waals surface area contributed by atoms with E-state index in [9.17, 15) is 0 Å². The molecule has 1 unspecified atom stereocenters. The Kier molecular flexibility index (Phi) is 4.59. The molecule has 2 rings (SSSR count). The Morgan fingerprint density at radius 2 is 2.32 bits per heavy atom. The molecule has 0 bridgehead atoms. The highest BCUT2D eigenvalue weighted by molar-refractivity contribution is 5.53. The number of hydrogen-bond acceptors (Lipinski definition) is 6. The van der Waals surface area contributed by atoms with Gasteiger partial charge in [0.15, 0.2) is 0 Å². The van der Waals surface area contributed by atoms with Gasteiger partial charge in [0, 0.05) is 19.9 Å². The summed E-state index contributed by atoms with van der Waals surface area (Å²) >= 11 is 0. The molecular formula is C13H18N4O2. The zero-order valence-corrected chi connectivity index (χ0v) is 11.2. The van der Waals surface area contributed by atoms with E-state index in [1.807, 2.05) is 12.1 Å². The fourth-order valence-corrected chi connectivity index (χ4v) is 1.78. The van der Waals surface area contributed by atoms with Crippen molar-refractivity contribution in [3.8, 4) is 11.5 Å². The summed E-state index contributed by atoms with van der Waals surface area (Å²) in [6.45, 7) is 2.62. The van der Waals surface area contributed by atoms with Gasteiger partial charge in [-0.1, -0.05) is 18.1 Å². The van der Waals surface area contributed by atoms with Crippen molar-refractivity contribution in [2.24, 2.45) is 5.73 Å². The molecule has 0 fully saturated rings. The zero-order chi connectivity index (χ0) is 13.7. The molecule has 0 amide bonds. The topological polar surface area (TPSA) is 87.1 Å². The third-order valence-corrected chi connectivity index (χ3v) is 2.88. The van der Waals surface area contributed by atoms with Gasteiger partial charge in [-0.05, 0) is 24.5 Å². The van der Waals surface area contributed by atoms with E-state index in [-0.39, 0.29) is 6.04 Å². The second-order valence-electron chi connectivity index (χ2n) is 4.21. The number of pyridine rings is 1. The van der Waals surface area contributed by atoms with Crippen molar-refractivity contribution in [2.75, 3.05) is 13.7 Å². The van der Waals surface area contributed by atoms with E-state index in [4.69, 9.17) is 15.0 Å². The third kappa shape index (κ3) is 3.15. The summed E-state index contributed by atoms with van der Waals surface area (Å²) in [6.07, 6.45) is 3.22. The van der Waals surface area contributed by atoms with E-state index in [1.165, 1.54) is 0 Å². The van der Waals surface area contributed by atoms with Crippen molar-refractivity contribution in [2.45, 2.75) is 25.8 Å². The lowest BCUT2D eigenvalue weighted by Crippen LogP contribution is -2.13. The minimum atomic E-state index is -0.310. The first-order valence-corrected chi connectivity index (χ1v) is 6.28. The molecule has 0 saturated carbocycles. The van der Waals surface area contributed by atoms with Crippen molar-refractivity contribution in [3.05, 3.63) is 29.8 Å². The summed E-state index contributed by atoms with van der Waals surface area (Å²) < 4.78 is 10.2. The molecule has 6 heteroatoms. The Labute approximate surface area is 112 Å². The number of ether oxygens (including phenoxy) is 1. The molecule has 0 aliphatic carbocycles. The van der Waals surface area contributed by atoms with Crippen LogP contribution in [0, 0.1) is 0 Å². The van der Waals surface area contributed by atoms with Gasteiger partial charge >= 0.3 is 0 Å². The predicted molar refractivity (Wildman–Crippen MR) is 70.3 cm³/mol. The number of methoxy groups -OCH3 is 1. The van der Waals surface area contributed by atoms with Gasteiger partial charge in [-0.25, -0.2) is 0 Å². The molecule has 102 valence electrons. The van der Waals surface area contributed by atoms with Crippen LogP contribution in [0.4, 0.5) is 0 Å². The lowest BCUT2D eigenvalue weighted by molar-refractivity contribution is 0.182. The standard InChI is InChI=1S/C13H18N4O2/c1-3-9-5-4-7-15-11(9)12-16-13(19-17-12)10(14)6-8-18-2/h4-5,7,10H,3,6,8,14H2,1-2H3. The van der Waals surface area contributed by atoms with Gasteiger partial charge in [0.1, 0.15) is 5.69 Å². The maximum absolute atomic E-state index is 5.95. The molecule has 0 saturated heterocycles. The van der Waals surface area contributed by atoms with Crippen molar-refractivity contribution >= 4 is 0 Å². The van der Waals surface area contributed by atoms with Gasteiger partial charge in [-0.3, -0.25) is 4.98 Å². The average molecular weight is 262 g/mol. The highest BCUT2D eigenvalue weighted by Gasteiger charge is 2.17. The average Bonchev–Trinajstić information content (AvgIpc) is 2.94. The maximum atomic E-state index is 5.95. The minimum absolute atomic E-state index is 0.310. The molecule has 2 aromatic rings. The monoisotopic (exact) mass is 262 g/mol. The van der Waals surface area contributed by atoms with Crippen molar-refractivity contribution in [1.29, 1.82) is 0 Å². The fourth-order valence-electron chi connectivity index (χ4n) is 1.78. The van der Waals surface area contributed by atoms with E-state index in [2.05, 4.69) is 22.0 Å². The Morgan fingerprint density at radius 3 is 3.05 bits per heavy atom. The highest BCUT2D eigenvalue weighted by Crippen LogP contribution is 2.20. The smallest absolute Gasteiger partial charge is 0.244 e. The van der Waals surface area contributed by atoms with Gasteiger partial charge in [0.05, 0.1) is 6.04 Å². The van der Waals surface area contributed by atoms with Gasteiger partial charge in [0.2, 0.25) is 11.7 Å². The second kappa shape index (κ2) is 6.40. The van der Waals surface area contributed by atoms with Crippen LogP contribution in [-0.2, 0) is 11.2 Å². The van der Waals surface area contributed by atoms with E-state index in [0.29, 0.717) is 24.7 Å². The van der Waals surface area contributed by atoms with Crippen LogP contribution in [0.15, 0.2) is 22.9 Å². The SMILES string of the molecule is CCc1cccnc1-c1noc(C(N)CCOC)n1. The number of rotatable bonds is 6. The van der Waals surface area contributed by atoms with Crippen molar-refractivity contribution in [1.82, 2.24) is 15.1 Å². The number of nitrogens with two attached hydrogens (primary N) is 1. The summed E-state index contributed by atoms with van der Waals surface area (Å²) in [5.74, 6) is 0.903. The third-order valence-electron chi connectivity index (χ3n) is 2.88. The van der Waals surface area contributed by atoms with E-state index in [1.54, 1.807) is 13.3 Å². The predicted octanol–water partition coefficient (Wildman–Crippen LogP) is 1.73. The van der Waals surface area contributed by atoms with Crippen molar-refractivity contribution in [3.63, 3.8) is 0 Å². The van der Waals surface area contributed by atoms with Crippen molar-refractivity contribution < 1.29 is 9.26 Å². The van der Waals surface area contributed by atoms with Crippen LogP contribution in [0.5, 0.6) is 0 Å². The van der Waals surface area contributed by atoms with E-state index < -0.39 is 0 Å². The molecule has 0 radical (unpaired) electrons. The van der Waals surface area contributed by atoms with Crippen LogP contribution >= 0.6 is 0 Å². The second-order valence-corrected chi connectivity index (χ2v) is 4.21. The molecule has 1 atom stereocenters. The summed E-state index contributed by atoms with van der Waals surface area (Å²) in [5, 5.41) is 3.95. The number of nitrogens with zero attached hydrogens (tertiary/aromatic N) is 3. The van der Waals surface area contributed by atoms with Gasteiger partial charge in [-0.2, -0.15) is 4.98 Å². The molecular weight excluding hydrogens is 244 g/mol. The van der Waals surface area contributed by atoms with Gasteiger partial charge in [-0.15, -0.1) is 0 Å². The summed E-state index contributed by atoms with van der Waals surface area (Å²) in [5.41, 5.74) is 7.78. The molecule has 0 aliphatic rings. The zero-order valence-electron chi connectivity index (χ0n) is 11.2. The summed E-state index contributed by atoms with van der Waals surface area (Å²) in [6, 6.07) is 3.59. The minimum Gasteiger partial charge on any atom is -0.385 e. The first kappa shape index (κ1) is 13.6. The van der Waals surface area contributed by atoms with Crippen LogP contribution in [0.1, 0.15) is 30.8 Å². The van der Waals surface area contributed by atoms with Crippen LogP contribution in [-0.4, -0.2) is 28.8 Å².